The van der Waals surface area contributed by atoms with Crippen molar-refractivity contribution < 1.29 is 4.79 Å². The van der Waals surface area contributed by atoms with Crippen LogP contribution in [-0.2, 0) is 4.79 Å². The molecule has 1 saturated heterocycles. The van der Waals surface area contributed by atoms with Gasteiger partial charge in [0.25, 0.3) is 0 Å². The minimum Gasteiger partial charge on any atom is -0.368 e. The number of nitriles is 1. The fourth-order valence-corrected chi connectivity index (χ4v) is 2.20. The van der Waals surface area contributed by atoms with Crippen molar-refractivity contribution in [2.75, 3.05) is 11.4 Å². The molecule has 0 spiro atoms. The monoisotopic (exact) mass is 230 g/mol. The maximum Gasteiger partial charge on any atom is 0.240 e. The van der Waals surface area contributed by atoms with Gasteiger partial charge in [-0.3, -0.25) is 4.79 Å². The average Bonchev–Trinajstić information content (AvgIpc) is 2.77. The Morgan fingerprint density at radius 2 is 2.41 bits per heavy atom. The Kier molecular flexibility index (Phi) is 2.96. The van der Waals surface area contributed by atoms with Gasteiger partial charge >= 0.3 is 0 Å². The molecule has 0 saturated carbocycles. The van der Waals surface area contributed by atoms with Gasteiger partial charge in [-0.25, -0.2) is 4.98 Å². The van der Waals surface area contributed by atoms with E-state index in [0.717, 1.165) is 25.1 Å². The Labute approximate surface area is 99.9 Å². The van der Waals surface area contributed by atoms with E-state index in [1.165, 1.54) is 0 Å². The normalized spacial score (nSPS) is 19.1. The molecule has 0 radical (unpaired) electrons. The van der Waals surface area contributed by atoms with Crippen molar-refractivity contribution in [3.63, 3.8) is 0 Å². The number of hydrogen-bond donors (Lipinski definition) is 1. The summed E-state index contributed by atoms with van der Waals surface area (Å²) >= 11 is 0. The van der Waals surface area contributed by atoms with E-state index in [4.69, 9.17) is 11.0 Å². The highest BCUT2D eigenvalue weighted by Gasteiger charge is 2.30. The molecule has 1 amide bonds. The molecule has 0 aliphatic carbocycles. The highest BCUT2D eigenvalue weighted by atomic mass is 16.1. The molecular weight excluding hydrogens is 216 g/mol. The molecule has 1 aliphatic heterocycles. The van der Waals surface area contributed by atoms with Crippen LogP contribution in [-0.4, -0.2) is 23.5 Å². The van der Waals surface area contributed by atoms with Crippen LogP contribution in [0.1, 0.15) is 24.1 Å². The van der Waals surface area contributed by atoms with E-state index < -0.39 is 0 Å². The summed E-state index contributed by atoms with van der Waals surface area (Å²) in [4.78, 5) is 17.6. The second-order valence-corrected chi connectivity index (χ2v) is 4.22. The highest BCUT2D eigenvalue weighted by molar-refractivity contribution is 5.84. The first-order chi connectivity index (χ1) is 8.11. The number of carbonyl (C=O) groups is 1. The van der Waals surface area contributed by atoms with Crippen LogP contribution < -0.4 is 10.6 Å². The van der Waals surface area contributed by atoms with Crippen molar-refractivity contribution in [2.24, 2.45) is 5.73 Å². The number of aryl methyl sites for hydroxylation is 1. The maximum absolute atomic E-state index is 11.3. The summed E-state index contributed by atoms with van der Waals surface area (Å²) in [5.74, 6) is 0.340. The fourth-order valence-electron chi connectivity index (χ4n) is 2.20. The number of nitrogens with zero attached hydrogens (tertiary/aromatic N) is 3. The smallest absolute Gasteiger partial charge is 0.240 e. The third-order valence-electron chi connectivity index (χ3n) is 2.94. The number of primary amides is 1. The molecule has 2 heterocycles. The summed E-state index contributed by atoms with van der Waals surface area (Å²) in [5.41, 5.74) is 6.69. The zero-order valence-corrected chi connectivity index (χ0v) is 9.68. The van der Waals surface area contributed by atoms with E-state index in [9.17, 15) is 4.79 Å². The number of rotatable bonds is 2. The van der Waals surface area contributed by atoms with Crippen molar-refractivity contribution in [1.82, 2.24) is 4.98 Å². The lowest BCUT2D eigenvalue weighted by atomic mass is 10.2. The SMILES string of the molecule is Cc1cc(C#N)cc(N2CCCC2C(N)=O)n1. The van der Waals surface area contributed by atoms with Crippen LogP contribution in [0.25, 0.3) is 0 Å². The van der Waals surface area contributed by atoms with E-state index in [2.05, 4.69) is 11.1 Å². The Hall–Kier alpha value is -2.09. The quantitative estimate of drug-likeness (QED) is 0.811. The number of carbonyl (C=O) groups excluding carboxylic acids is 1. The van der Waals surface area contributed by atoms with Gasteiger partial charge in [-0.1, -0.05) is 0 Å². The minimum atomic E-state index is -0.329. The zero-order chi connectivity index (χ0) is 12.4. The molecule has 1 atom stereocenters. The summed E-state index contributed by atoms with van der Waals surface area (Å²) in [5, 5.41) is 8.92. The van der Waals surface area contributed by atoms with Crippen LogP contribution in [0.4, 0.5) is 5.82 Å². The first-order valence-electron chi connectivity index (χ1n) is 5.56. The molecule has 17 heavy (non-hydrogen) atoms. The predicted octanol–water partition coefficient (Wildman–Crippen LogP) is 0.716. The van der Waals surface area contributed by atoms with Crippen LogP contribution in [0.2, 0.25) is 0 Å². The number of anilines is 1. The summed E-state index contributed by atoms with van der Waals surface area (Å²) in [6.45, 7) is 2.59. The van der Waals surface area contributed by atoms with Gasteiger partial charge in [-0.2, -0.15) is 5.26 Å². The van der Waals surface area contributed by atoms with Gasteiger partial charge in [-0.05, 0) is 31.9 Å². The predicted molar refractivity (Wildman–Crippen MR) is 63.3 cm³/mol. The maximum atomic E-state index is 11.3. The van der Waals surface area contributed by atoms with E-state index >= 15 is 0 Å². The van der Waals surface area contributed by atoms with Crippen molar-refractivity contribution in [1.29, 1.82) is 5.26 Å². The van der Waals surface area contributed by atoms with Crippen LogP contribution in [0.3, 0.4) is 0 Å². The highest BCUT2D eigenvalue weighted by Crippen LogP contribution is 2.24. The van der Waals surface area contributed by atoms with E-state index in [0.29, 0.717) is 11.4 Å². The molecule has 1 aromatic rings. The van der Waals surface area contributed by atoms with Gasteiger partial charge in [0.05, 0.1) is 11.6 Å². The molecule has 88 valence electrons. The molecule has 0 aromatic carbocycles. The lowest BCUT2D eigenvalue weighted by Crippen LogP contribution is -2.40. The summed E-state index contributed by atoms with van der Waals surface area (Å²) < 4.78 is 0. The molecule has 1 aliphatic rings. The van der Waals surface area contributed by atoms with Gasteiger partial charge in [0, 0.05) is 12.2 Å². The summed E-state index contributed by atoms with van der Waals surface area (Å²) in [7, 11) is 0. The van der Waals surface area contributed by atoms with Crippen molar-refractivity contribution in [3.8, 4) is 6.07 Å². The average molecular weight is 230 g/mol. The van der Waals surface area contributed by atoms with Gasteiger partial charge in [-0.15, -0.1) is 0 Å². The minimum absolute atomic E-state index is 0.296. The van der Waals surface area contributed by atoms with Gasteiger partial charge in [0.15, 0.2) is 0 Å². The topological polar surface area (TPSA) is 83.0 Å². The first kappa shape index (κ1) is 11.4. The Balaban J connectivity index is 2.37. The van der Waals surface area contributed by atoms with Crippen molar-refractivity contribution in [3.05, 3.63) is 23.4 Å². The third kappa shape index (κ3) is 2.21. The Morgan fingerprint density at radius 3 is 3.06 bits per heavy atom. The lowest BCUT2D eigenvalue weighted by Gasteiger charge is -2.23. The number of pyridine rings is 1. The van der Waals surface area contributed by atoms with Crippen LogP contribution in [0, 0.1) is 18.3 Å². The molecule has 5 heteroatoms. The Morgan fingerprint density at radius 1 is 1.65 bits per heavy atom. The van der Waals surface area contributed by atoms with Crippen LogP contribution >= 0.6 is 0 Å². The van der Waals surface area contributed by atoms with E-state index in [1.54, 1.807) is 12.1 Å². The molecule has 2 rings (SSSR count). The number of hydrogen-bond acceptors (Lipinski definition) is 4. The molecule has 2 N–H and O–H groups in total. The molecule has 1 unspecified atom stereocenters. The summed E-state index contributed by atoms with van der Waals surface area (Å²) in [6, 6.07) is 5.22. The fraction of sp³-hybridized carbons (Fsp3) is 0.417. The summed E-state index contributed by atoms with van der Waals surface area (Å²) in [6.07, 6.45) is 1.68. The Bertz CT molecular complexity index is 492. The largest absolute Gasteiger partial charge is 0.368 e. The number of nitrogens with two attached hydrogens (primary N) is 1. The standard InChI is InChI=1S/C12H14N4O/c1-8-5-9(7-13)6-11(15-8)16-4-2-3-10(16)12(14)17/h5-6,10H,2-4H2,1H3,(H2,14,17). The first-order valence-corrected chi connectivity index (χ1v) is 5.56. The molecule has 1 fully saturated rings. The van der Waals surface area contributed by atoms with Gasteiger partial charge < -0.3 is 10.6 Å². The molecular formula is C12H14N4O. The zero-order valence-electron chi connectivity index (χ0n) is 9.68. The number of amides is 1. The van der Waals surface area contributed by atoms with E-state index in [1.807, 2.05) is 11.8 Å². The lowest BCUT2D eigenvalue weighted by molar-refractivity contribution is -0.119. The van der Waals surface area contributed by atoms with Gasteiger partial charge in [0.1, 0.15) is 11.9 Å². The van der Waals surface area contributed by atoms with Gasteiger partial charge in [0.2, 0.25) is 5.91 Å². The second kappa shape index (κ2) is 4.42. The van der Waals surface area contributed by atoms with Crippen LogP contribution in [0.15, 0.2) is 12.1 Å². The molecule has 0 bridgehead atoms. The number of aromatic nitrogens is 1. The second-order valence-electron chi connectivity index (χ2n) is 4.22. The van der Waals surface area contributed by atoms with Crippen molar-refractivity contribution >= 4 is 11.7 Å². The molecule has 1 aromatic heterocycles. The molecule has 5 nitrogen and oxygen atoms in total. The third-order valence-corrected chi connectivity index (χ3v) is 2.94. The van der Waals surface area contributed by atoms with Crippen LogP contribution in [0.5, 0.6) is 0 Å². The van der Waals surface area contributed by atoms with Crippen molar-refractivity contribution in [2.45, 2.75) is 25.8 Å². The van der Waals surface area contributed by atoms with E-state index in [-0.39, 0.29) is 11.9 Å².